The van der Waals surface area contributed by atoms with Crippen molar-refractivity contribution in [1.82, 2.24) is 9.59 Å². The highest BCUT2D eigenvalue weighted by Gasteiger charge is 2.20. The van der Waals surface area contributed by atoms with E-state index in [0.717, 1.165) is 11.3 Å². The second-order valence-corrected chi connectivity index (χ2v) is 4.19. The molecule has 0 amide bonds. The molecule has 0 fully saturated rings. The van der Waals surface area contributed by atoms with Crippen molar-refractivity contribution in [2.75, 3.05) is 5.88 Å². The SMILES string of the molecule is C=CC(C)(CCl)Cc1cnns1. The second kappa shape index (κ2) is 4.01. The van der Waals surface area contributed by atoms with Crippen LogP contribution in [0.25, 0.3) is 0 Å². The maximum absolute atomic E-state index is 5.82. The molecule has 0 aliphatic carbocycles. The van der Waals surface area contributed by atoms with Gasteiger partial charge in [-0.05, 0) is 18.0 Å². The Morgan fingerprint density at radius 1 is 1.83 bits per heavy atom. The summed E-state index contributed by atoms with van der Waals surface area (Å²) >= 11 is 7.23. The number of alkyl halides is 1. The van der Waals surface area contributed by atoms with Crippen LogP contribution in [0.4, 0.5) is 0 Å². The highest BCUT2D eigenvalue weighted by atomic mass is 35.5. The number of hydrogen-bond donors (Lipinski definition) is 0. The van der Waals surface area contributed by atoms with Crippen molar-refractivity contribution in [3.8, 4) is 0 Å². The van der Waals surface area contributed by atoms with Crippen LogP contribution in [0.5, 0.6) is 0 Å². The van der Waals surface area contributed by atoms with Crippen LogP contribution in [0.15, 0.2) is 18.9 Å². The summed E-state index contributed by atoms with van der Waals surface area (Å²) in [6, 6.07) is 0. The number of aromatic nitrogens is 2. The Bertz CT molecular complexity index is 248. The molecule has 1 aromatic heterocycles. The van der Waals surface area contributed by atoms with Gasteiger partial charge in [0.2, 0.25) is 0 Å². The Kier molecular flexibility index (Phi) is 3.23. The number of halogens is 1. The van der Waals surface area contributed by atoms with E-state index in [2.05, 4.69) is 23.1 Å². The minimum Gasteiger partial charge on any atom is -0.146 e. The van der Waals surface area contributed by atoms with Gasteiger partial charge < -0.3 is 0 Å². The van der Waals surface area contributed by atoms with Crippen molar-refractivity contribution in [3.63, 3.8) is 0 Å². The van der Waals surface area contributed by atoms with Gasteiger partial charge in [0.15, 0.2) is 0 Å². The zero-order valence-corrected chi connectivity index (χ0v) is 8.53. The third kappa shape index (κ3) is 2.29. The van der Waals surface area contributed by atoms with E-state index >= 15 is 0 Å². The third-order valence-electron chi connectivity index (χ3n) is 1.78. The molecule has 0 spiro atoms. The number of rotatable bonds is 4. The van der Waals surface area contributed by atoms with Crippen molar-refractivity contribution in [3.05, 3.63) is 23.7 Å². The first-order valence-electron chi connectivity index (χ1n) is 3.66. The molecule has 0 saturated carbocycles. The summed E-state index contributed by atoms with van der Waals surface area (Å²) in [7, 11) is 0. The van der Waals surface area contributed by atoms with Gasteiger partial charge in [-0.25, -0.2) is 0 Å². The number of nitrogens with zero attached hydrogens (tertiary/aromatic N) is 2. The zero-order valence-electron chi connectivity index (χ0n) is 6.96. The molecule has 0 bridgehead atoms. The Morgan fingerprint density at radius 2 is 2.58 bits per heavy atom. The van der Waals surface area contributed by atoms with Crippen LogP contribution >= 0.6 is 23.1 Å². The molecule has 0 N–H and O–H groups in total. The van der Waals surface area contributed by atoms with Gasteiger partial charge in [0.1, 0.15) is 0 Å². The maximum Gasteiger partial charge on any atom is 0.0653 e. The van der Waals surface area contributed by atoms with Crippen LogP contribution in [0.1, 0.15) is 11.8 Å². The first-order chi connectivity index (χ1) is 5.70. The van der Waals surface area contributed by atoms with Crippen molar-refractivity contribution >= 4 is 23.1 Å². The van der Waals surface area contributed by atoms with E-state index in [1.807, 2.05) is 6.08 Å². The lowest BCUT2D eigenvalue weighted by molar-refractivity contribution is 0.490. The van der Waals surface area contributed by atoms with E-state index in [1.165, 1.54) is 11.5 Å². The van der Waals surface area contributed by atoms with Crippen LogP contribution in [-0.2, 0) is 6.42 Å². The summed E-state index contributed by atoms with van der Waals surface area (Å²) < 4.78 is 3.79. The third-order valence-corrected chi connectivity index (χ3v) is 3.05. The topological polar surface area (TPSA) is 25.8 Å². The summed E-state index contributed by atoms with van der Waals surface area (Å²) in [5.41, 5.74) is -0.0320. The summed E-state index contributed by atoms with van der Waals surface area (Å²) in [6.07, 6.45) is 4.54. The lowest BCUT2D eigenvalue weighted by Crippen LogP contribution is -2.17. The first kappa shape index (κ1) is 9.68. The molecule has 12 heavy (non-hydrogen) atoms. The van der Waals surface area contributed by atoms with Crippen molar-refractivity contribution in [2.45, 2.75) is 13.3 Å². The number of hydrogen-bond acceptors (Lipinski definition) is 3. The summed E-state index contributed by atoms with van der Waals surface area (Å²) in [6.45, 7) is 5.84. The molecule has 4 heteroatoms. The van der Waals surface area contributed by atoms with Gasteiger partial charge in [-0.15, -0.1) is 23.3 Å². The standard InChI is InChI=1S/C8H11ClN2S/c1-3-8(2,6-9)4-7-5-10-11-12-7/h3,5H,1,4,6H2,2H3. The van der Waals surface area contributed by atoms with E-state index in [4.69, 9.17) is 11.6 Å². The normalized spacial score (nSPS) is 15.5. The molecule has 2 nitrogen and oxygen atoms in total. The molecule has 0 aliphatic rings. The summed E-state index contributed by atoms with van der Waals surface area (Å²) in [5, 5.41) is 3.77. The van der Waals surface area contributed by atoms with Gasteiger partial charge in [-0.1, -0.05) is 17.5 Å². The van der Waals surface area contributed by atoms with Crippen LogP contribution < -0.4 is 0 Å². The molecule has 1 atom stereocenters. The van der Waals surface area contributed by atoms with E-state index in [1.54, 1.807) is 6.20 Å². The molecule has 1 rings (SSSR count). The lowest BCUT2D eigenvalue weighted by atomic mass is 9.89. The van der Waals surface area contributed by atoms with Gasteiger partial charge in [-0.3, -0.25) is 0 Å². The lowest BCUT2D eigenvalue weighted by Gasteiger charge is -2.20. The first-order valence-corrected chi connectivity index (χ1v) is 4.97. The van der Waals surface area contributed by atoms with E-state index in [0.29, 0.717) is 5.88 Å². The average Bonchev–Trinajstić information content (AvgIpc) is 2.57. The molecule has 0 radical (unpaired) electrons. The average molecular weight is 203 g/mol. The van der Waals surface area contributed by atoms with E-state index in [9.17, 15) is 0 Å². The van der Waals surface area contributed by atoms with E-state index in [-0.39, 0.29) is 5.41 Å². The van der Waals surface area contributed by atoms with Crippen molar-refractivity contribution in [2.24, 2.45) is 5.41 Å². The molecule has 66 valence electrons. The molecule has 0 aliphatic heterocycles. The number of allylic oxidation sites excluding steroid dienone is 1. The van der Waals surface area contributed by atoms with Crippen LogP contribution in [0.2, 0.25) is 0 Å². The van der Waals surface area contributed by atoms with Crippen molar-refractivity contribution < 1.29 is 0 Å². The molecule has 1 unspecified atom stereocenters. The Morgan fingerprint density at radius 3 is 3.00 bits per heavy atom. The molecule has 1 heterocycles. The summed E-state index contributed by atoms with van der Waals surface area (Å²) in [5.74, 6) is 0.578. The molecular weight excluding hydrogens is 192 g/mol. The Labute approximate surface area is 81.4 Å². The highest BCUT2D eigenvalue weighted by Crippen LogP contribution is 2.26. The van der Waals surface area contributed by atoms with Gasteiger partial charge in [0, 0.05) is 16.2 Å². The quantitative estimate of drug-likeness (QED) is 0.554. The van der Waals surface area contributed by atoms with Gasteiger partial charge in [0.05, 0.1) is 6.20 Å². The van der Waals surface area contributed by atoms with Crippen LogP contribution in [0.3, 0.4) is 0 Å². The predicted octanol–water partition coefficient (Wildman–Crippen LogP) is 2.51. The zero-order chi connectivity index (χ0) is 9.03. The smallest absolute Gasteiger partial charge is 0.0653 e. The molecule has 0 aromatic carbocycles. The molecule has 0 saturated heterocycles. The minimum absolute atomic E-state index is 0.0320. The second-order valence-electron chi connectivity index (χ2n) is 3.05. The highest BCUT2D eigenvalue weighted by molar-refractivity contribution is 7.05. The molecule has 1 aromatic rings. The predicted molar refractivity (Wildman–Crippen MR) is 52.6 cm³/mol. The van der Waals surface area contributed by atoms with Gasteiger partial charge >= 0.3 is 0 Å². The Hall–Kier alpha value is -0.410. The van der Waals surface area contributed by atoms with Crippen LogP contribution in [0, 0.1) is 5.41 Å². The Balaban J connectivity index is 2.66. The summed E-state index contributed by atoms with van der Waals surface area (Å²) in [4.78, 5) is 1.15. The van der Waals surface area contributed by atoms with Gasteiger partial charge in [0.25, 0.3) is 0 Å². The monoisotopic (exact) mass is 202 g/mol. The fourth-order valence-electron chi connectivity index (χ4n) is 0.837. The maximum atomic E-state index is 5.82. The fraction of sp³-hybridized carbons (Fsp3) is 0.500. The largest absolute Gasteiger partial charge is 0.146 e. The fourth-order valence-corrected chi connectivity index (χ4v) is 1.73. The van der Waals surface area contributed by atoms with E-state index < -0.39 is 0 Å². The van der Waals surface area contributed by atoms with Crippen molar-refractivity contribution in [1.29, 1.82) is 0 Å². The molecular formula is C8H11ClN2S. The van der Waals surface area contributed by atoms with Crippen LogP contribution in [-0.4, -0.2) is 15.5 Å². The van der Waals surface area contributed by atoms with Gasteiger partial charge in [-0.2, -0.15) is 0 Å². The minimum atomic E-state index is -0.0320.